The summed E-state index contributed by atoms with van der Waals surface area (Å²) in [4.78, 5) is 27.1. The summed E-state index contributed by atoms with van der Waals surface area (Å²) in [6, 6.07) is 8.79. The van der Waals surface area contributed by atoms with E-state index in [1.165, 1.54) is 25.3 Å². The number of thioether (sulfide) groups is 1. The van der Waals surface area contributed by atoms with Gasteiger partial charge in [0.25, 0.3) is 5.91 Å². The number of esters is 1. The van der Waals surface area contributed by atoms with Gasteiger partial charge >= 0.3 is 5.97 Å². The Labute approximate surface area is 189 Å². The lowest BCUT2D eigenvalue weighted by atomic mass is 9.94. The van der Waals surface area contributed by atoms with Crippen molar-refractivity contribution < 1.29 is 18.7 Å². The molecule has 1 saturated carbocycles. The summed E-state index contributed by atoms with van der Waals surface area (Å²) < 4.78 is 11.3. The Kier molecular flexibility index (Phi) is 6.32. The summed E-state index contributed by atoms with van der Waals surface area (Å²) in [5.74, 6) is 0.545. The van der Waals surface area contributed by atoms with E-state index in [0.717, 1.165) is 25.7 Å². The van der Waals surface area contributed by atoms with Crippen LogP contribution in [0, 0.1) is 0 Å². The first-order chi connectivity index (χ1) is 14.5. The molecule has 1 aliphatic heterocycles. The molecule has 1 aliphatic carbocycles. The van der Waals surface area contributed by atoms with Crippen LogP contribution >= 0.6 is 35.6 Å². The number of amides is 1. The maximum Gasteiger partial charge on any atom is 0.339 e. The van der Waals surface area contributed by atoms with E-state index in [1.54, 1.807) is 41.3 Å². The fraction of sp³-hybridized carbons (Fsp3) is 0.318. The lowest BCUT2D eigenvalue weighted by Crippen LogP contribution is -2.39. The van der Waals surface area contributed by atoms with Crippen LogP contribution in [0.3, 0.4) is 0 Å². The summed E-state index contributed by atoms with van der Waals surface area (Å²) in [6.45, 7) is 0. The molecule has 0 N–H and O–H groups in total. The first kappa shape index (κ1) is 21.2. The molecule has 1 aromatic carbocycles. The maximum absolute atomic E-state index is 12.9. The lowest BCUT2D eigenvalue weighted by molar-refractivity contribution is -0.124. The van der Waals surface area contributed by atoms with E-state index >= 15 is 0 Å². The molecule has 1 aromatic heterocycles. The van der Waals surface area contributed by atoms with Gasteiger partial charge in [-0.3, -0.25) is 9.69 Å². The van der Waals surface area contributed by atoms with Crippen LogP contribution in [0.1, 0.15) is 48.2 Å². The fourth-order valence-corrected chi connectivity index (χ4v) is 5.37. The number of furan rings is 1. The largest absolute Gasteiger partial charge is 0.465 e. The molecule has 2 aliphatic rings. The number of hydrogen-bond donors (Lipinski definition) is 0. The smallest absolute Gasteiger partial charge is 0.339 e. The van der Waals surface area contributed by atoms with Crippen molar-refractivity contribution in [2.75, 3.05) is 7.11 Å². The number of rotatable bonds is 4. The van der Waals surface area contributed by atoms with Crippen molar-refractivity contribution in [3.8, 4) is 11.3 Å². The number of benzene rings is 1. The number of halogens is 1. The molecule has 2 aromatic rings. The molecule has 1 amide bonds. The monoisotopic (exact) mass is 461 g/mol. The second-order valence-electron chi connectivity index (χ2n) is 7.23. The Hall–Kier alpha value is -2.09. The molecule has 0 atom stereocenters. The number of carbonyl (C=O) groups is 2. The predicted octanol–water partition coefficient (Wildman–Crippen LogP) is 5.92. The molecular formula is C22H20ClNO4S2. The van der Waals surface area contributed by atoms with Gasteiger partial charge in [-0.25, -0.2) is 4.79 Å². The number of carbonyl (C=O) groups excluding carboxylic acids is 2. The molecule has 156 valence electrons. The van der Waals surface area contributed by atoms with Gasteiger partial charge in [0.1, 0.15) is 15.8 Å². The summed E-state index contributed by atoms with van der Waals surface area (Å²) in [7, 11) is 1.31. The van der Waals surface area contributed by atoms with Crippen molar-refractivity contribution in [1.29, 1.82) is 0 Å². The van der Waals surface area contributed by atoms with Crippen molar-refractivity contribution in [3.05, 3.63) is 51.6 Å². The van der Waals surface area contributed by atoms with Crippen LogP contribution in [0.5, 0.6) is 0 Å². The Morgan fingerprint density at radius 2 is 2.03 bits per heavy atom. The minimum absolute atomic E-state index is 0.0469. The molecular weight excluding hydrogens is 442 g/mol. The zero-order valence-corrected chi connectivity index (χ0v) is 18.7. The van der Waals surface area contributed by atoms with E-state index in [9.17, 15) is 9.59 Å². The van der Waals surface area contributed by atoms with Crippen LogP contribution in [-0.4, -0.2) is 34.2 Å². The summed E-state index contributed by atoms with van der Waals surface area (Å²) in [5.41, 5.74) is 0.956. The van der Waals surface area contributed by atoms with E-state index in [0.29, 0.717) is 31.3 Å². The van der Waals surface area contributed by atoms with Crippen LogP contribution < -0.4 is 0 Å². The number of ether oxygens (including phenoxy) is 1. The lowest BCUT2D eigenvalue weighted by Gasteiger charge is -2.29. The Morgan fingerprint density at radius 1 is 1.27 bits per heavy atom. The quantitative estimate of drug-likeness (QED) is 0.320. The van der Waals surface area contributed by atoms with Crippen molar-refractivity contribution in [2.45, 2.75) is 38.1 Å². The first-order valence-electron chi connectivity index (χ1n) is 9.73. The third kappa shape index (κ3) is 4.19. The van der Waals surface area contributed by atoms with Gasteiger partial charge in [-0.2, -0.15) is 0 Å². The molecule has 1 saturated heterocycles. The molecule has 2 fully saturated rings. The highest BCUT2D eigenvalue weighted by Gasteiger charge is 2.37. The fourth-order valence-electron chi connectivity index (χ4n) is 3.79. The topological polar surface area (TPSA) is 59.8 Å². The van der Waals surface area contributed by atoms with Crippen LogP contribution in [-0.2, 0) is 9.53 Å². The predicted molar refractivity (Wildman–Crippen MR) is 122 cm³/mol. The normalized spacial score (nSPS) is 19.0. The number of methoxy groups -OCH3 is 1. The number of thiocarbonyl (C=S) groups is 1. The highest BCUT2D eigenvalue weighted by Crippen LogP contribution is 2.38. The Bertz CT molecular complexity index is 1040. The van der Waals surface area contributed by atoms with Crippen molar-refractivity contribution in [1.82, 2.24) is 4.90 Å². The first-order valence-corrected chi connectivity index (χ1v) is 11.3. The highest BCUT2D eigenvalue weighted by atomic mass is 35.5. The molecule has 0 unspecified atom stereocenters. The molecule has 0 radical (unpaired) electrons. The van der Waals surface area contributed by atoms with Gasteiger partial charge in [0.05, 0.1) is 22.6 Å². The van der Waals surface area contributed by atoms with Gasteiger partial charge < -0.3 is 9.15 Å². The molecule has 0 bridgehead atoms. The van der Waals surface area contributed by atoms with E-state index < -0.39 is 5.97 Å². The van der Waals surface area contributed by atoms with Gasteiger partial charge in [0.2, 0.25) is 0 Å². The summed E-state index contributed by atoms with van der Waals surface area (Å²) in [5, 5.41) is 0.309. The molecule has 8 heteroatoms. The van der Waals surface area contributed by atoms with Crippen molar-refractivity contribution in [3.63, 3.8) is 0 Å². The van der Waals surface area contributed by atoms with Crippen LogP contribution in [0.25, 0.3) is 17.4 Å². The SMILES string of the molecule is COC(=O)c1cc(-c2ccc(/C=C3\SC(=S)N(C4CCCCC4)C3=O)o2)ccc1Cl. The van der Waals surface area contributed by atoms with Gasteiger partial charge in [-0.05, 0) is 43.2 Å². The molecule has 4 rings (SSSR count). The van der Waals surface area contributed by atoms with Crippen LogP contribution in [0.15, 0.2) is 39.7 Å². The van der Waals surface area contributed by atoms with Crippen molar-refractivity contribution in [2.24, 2.45) is 0 Å². The van der Waals surface area contributed by atoms with Crippen molar-refractivity contribution >= 4 is 57.9 Å². The van der Waals surface area contributed by atoms with Gasteiger partial charge in [-0.15, -0.1) is 0 Å². The molecule has 30 heavy (non-hydrogen) atoms. The summed E-state index contributed by atoms with van der Waals surface area (Å²) >= 11 is 12.9. The van der Waals surface area contributed by atoms with E-state index in [-0.39, 0.29) is 17.5 Å². The molecule has 0 spiro atoms. The third-order valence-electron chi connectivity index (χ3n) is 5.32. The summed E-state index contributed by atoms with van der Waals surface area (Å²) in [6.07, 6.45) is 7.23. The standard InChI is InChI=1S/C22H20ClNO4S2/c1-27-21(26)16-11-13(7-9-17(16)23)18-10-8-15(28-18)12-19-20(25)24(22(29)30-19)14-5-3-2-4-6-14/h7-12,14H,2-6H2,1H3/b19-12-. The van der Waals surface area contributed by atoms with Gasteiger partial charge in [0.15, 0.2) is 0 Å². The van der Waals surface area contributed by atoms with Gasteiger partial charge in [-0.1, -0.05) is 54.8 Å². The molecule has 5 nitrogen and oxygen atoms in total. The zero-order chi connectivity index (χ0) is 21.3. The average molecular weight is 462 g/mol. The average Bonchev–Trinajstić information content (AvgIpc) is 3.33. The molecule has 2 heterocycles. The Balaban J connectivity index is 1.56. The zero-order valence-electron chi connectivity index (χ0n) is 16.4. The number of nitrogens with zero attached hydrogens (tertiary/aromatic N) is 1. The van der Waals surface area contributed by atoms with E-state index in [1.807, 2.05) is 0 Å². The minimum atomic E-state index is -0.514. The van der Waals surface area contributed by atoms with Gasteiger partial charge in [0, 0.05) is 17.7 Å². The Morgan fingerprint density at radius 3 is 2.77 bits per heavy atom. The highest BCUT2D eigenvalue weighted by molar-refractivity contribution is 8.26. The third-order valence-corrected chi connectivity index (χ3v) is 6.98. The van der Waals surface area contributed by atoms with Crippen LogP contribution in [0.2, 0.25) is 5.02 Å². The minimum Gasteiger partial charge on any atom is -0.465 e. The van der Waals surface area contributed by atoms with Crippen LogP contribution in [0.4, 0.5) is 0 Å². The maximum atomic E-state index is 12.9. The van der Waals surface area contributed by atoms with E-state index in [4.69, 9.17) is 33.0 Å². The van der Waals surface area contributed by atoms with E-state index in [2.05, 4.69) is 0 Å². The second-order valence-corrected chi connectivity index (χ2v) is 9.31. The number of hydrogen-bond acceptors (Lipinski definition) is 6. The second kappa shape index (κ2) is 8.96.